The van der Waals surface area contributed by atoms with E-state index in [1.165, 1.54) is 33.9 Å². The normalized spacial score (nSPS) is 35.8. The van der Waals surface area contributed by atoms with Gasteiger partial charge in [-0.3, -0.25) is 62.3 Å². The summed E-state index contributed by atoms with van der Waals surface area (Å²) in [6.45, 7) is -46.7. The van der Waals surface area contributed by atoms with Crippen LogP contribution in [0.3, 0.4) is 0 Å². The highest BCUT2D eigenvalue weighted by Crippen LogP contribution is 2.39. The molecule has 0 aromatic carbocycles. The fourth-order valence-corrected chi connectivity index (χ4v) is 14.2. The lowest BCUT2D eigenvalue weighted by molar-refractivity contribution is -0.375. The van der Waals surface area contributed by atoms with Crippen molar-refractivity contribution in [2.75, 3.05) is 46.2 Å². The first-order valence-corrected chi connectivity index (χ1v) is 40.1. The first-order chi connectivity index (χ1) is 76.7. The summed E-state index contributed by atoms with van der Waals surface area (Å²) in [5.74, 6) is -31.7. The zero-order valence-corrected chi connectivity index (χ0v) is 71.3. The van der Waals surface area contributed by atoms with Crippen molar-refractivity contribution in [1.82, 2.24) is 0 Å². The Labute approximate surface area is 807 Å². The maximum atomic E-state index is 14.4. The lowest BCUT2D eigenvalue weighted by Gasteiger charge is -2.49. The summed E-state index contributed by atoms with van der Waals surface area (Å²) in [7, 11) is 0. The molecule has 0 saturated carbocycles. The molecule has 38 heteroatoms. The van der Waals surface area contributed by atoms with Crippen molar-refractivity contribution in [2.45, 2.75) is 369 Å². The molecule has 0 aromatic heterocycles. The van der Waals surface area contributed by atoms with E-state index in [-0.39, 0.29) is 0 Å². The molecule has 0 amide bonds. The monoisotopic (exact) mass is 1870 g/mol. The number of ether oxygens (including phenoxy) is 25. The van der Waals surface area contributed by atoms with E-state index < -0.39 is 361 Å². The van der Waals surface area contributed by atoms with Crippen molar-refractivity contribution in [3.05, 3.63) is 81.5 Å². The molecule has 6 rings (SSSR count). The van der Waals surface area contributed by atoms with Crippen molar-refractivity contribution < 1.29 is 234 Å². The number of esters is 13. The third kappa shape index (κ3) is 37.9. The van der Waals surface area contributed by atoms with Gasteiger partial charge in [0.05, 0.1) is 46.2 Å². The molecule has 0 N–H and O–H groups in total. The molecule has 0 aromatic rings. The number of carbonyl (C=O) groups excluding carboxylic acids is 13. The summed E-state index contributed by atoms with van der Waals surface area (Å²) in [6, 6.07) is 0. The van der Waals surface area contributed by atoms with E-state index in [1.54, 1.807) is 6.92 Å². The standard InChI is InChI=1S/C91H132O38/c1-48(2)28-22-29-49(3)30-23-31-50(4)32-24-33-51(5)34-25-35-52(6)36-26-37-53(7)38-27-39-54(8)40-41-105-86-80(119-62(16)99)75(118-61(15)98)73(47-106-86)125-87-82(121-64(18)101)76(69(43-107-87)113-56(10)93)126-89-84(123-66(20)103)78(71(45-109-89)115-58(12)95)128-91-85(124-67(21)104)79(72(46-111-91)116-59(13)96)129-90-83(122-65(19)102)77(70(44-110-90)114-57(11)94)127-88-81(120-63(17)100)74(117-60(14)97)68(42-108-88)112-55(9)92/h28,30,32,34,36,38,40,68-91H,22-27,29,31,33,35,37,39,41-47H2,1-21H3/b49-30+,50-32+,51-34+,52-36+,53-38+,54-40+/t68-,69-,70-,71-,72-,73-,74+,75+,76+,77+,78+,79+,80-,81-,82-,83-,84-,85-,86-,87+,88+,89+,90+,91+/m1/s1/i9D3,10D3,11D3,12D3,13D3,14D3,15D3,16D3,17D3,18D3,19D3,20D3,21D3. The van der Waals surface area contributed by atoms with Gasteiger partial charge in [0, 0.05) is 143 Å². The van der Waals surface area contributed by atoms with E-state index in [0.717, 1.165) is 63.4 Å². The second kappa shape index (κ2) is 54.6. The van der Waals surface area contributed by atoms with E-state index in [9.17, 15) is 62.3 Å². The SMILES string of the molecule is [2H]C([2H])([2H])C(=O)O[C@@H]1[C@@H](OC(=O)C([2H])([2H])[2H])[C@H](O[C@@H]2[C@@H](OC(=O)C([2H])([2H])[2H])[C@H](O[C@@H]3[C@@H](OC(=O)C([2H])([2H])[2H])[C@H](O[C@@H]4[C@@H](OC(=O)C([2H])([2H])[2H])[C@H](O[C@@H]5[C@@H](OC(=O)C([2H])([2H])[2H])[C@H](O[C@@H]6CO[C@@H](OC/C=C(\C)CC/C=C(\C)CC/C=C(\C)CC/C=C(\C)CC/C=C(\C)CC/C=C(\C)CCC=C(C)C)[C@H](OC(=O)C([2H])([2H])[2H])[C@H]6OC(=O)C([2H])([2H])[2H])OC[C@H]5OC(=O)C([2H])([2H])[2H])OC[C@H]4OC(=O)C([2H])([2H])[2H])OC[C@H]3OC(=O)C([2H])([2H])[2H])OC[C@H]2OC(=O)C([2H])([2H])[2H])OC[C@H]1OC(=O)C([2H])([2H])[2H]. The topological polar surface area (TPSA) is 453 Å². The van der Waals surface area contributed by atoms with Crippen molar-refractivity contribution >= 4 is 77.6 Å². The molecule has 0 unspecified atom stereocenters. The minimum Gasteiger partial charge on any atom is -0.457 e. The second-order valence-electron chi connectivity index (χ2n) is 30.1. The van der Waals surface area contributed by atoms with Crippen LogP contribution in [0, 0.1) is 0 Å². The maximum Gasteiger partial charge on any atom is 0.303 e. The number of rotatable bonds is 44. The zero-order valence-electron chi connectivity index (χ0n) is 110. The molecule has 38 nitrogen and oxygen atoms in total. The Morgan fingerprint density at radius 3 is 0.667 bits per heavy atom. The van der Waals surface area contributed by atoms with Gasteiger partial charge in [0.1, 0.15) is 30.5 Å². The van der Waals surface area contributed by atoms with Crippen LogP contribution < -0.4 is 0 Å². The van der Waals surface area contributed by atoms with E-state index >= 15 is 0 Å². The first kappa shape index (κ1) is 63.0. The van der Waals surface area contributed by atoms with Gasteiger partial charge < -0.3 is 118 Å². The third-order valence-electron chi connectivity index (χ3n) is 20.0. The fraction of sp³-hybridized carbons (Fsp3) is 0.703. The number of allylic oxidation sites excluding steroid dienone is 13. The van der Waals surface area contributed by atoms with E-state index in [0.29, 0.717) is 24.8 Å². The highest BCUT2D eigenvalue weighted by Gasteiger charge is 2.60. The van der Waals surface area contributed by atoms with Crippen LogP contribution in [0.25, 0.3) is 0 Å². The van der Waals surface area contributed by atoms with E-state index in [1.807, 2.05) is 13.0 Å². The average Bonchev–Trinajstić information content (AvgIpc) is 0.760. The fourth-order valence-electron chi connectivity index (χ4n) is 14.2. The van der Waals surface area contributed by atoms with Crippen molar-refractivity contribution in [1.29, 1.82) is 0 Å². The molecule has 0 spiro atoms. The summed E-state index contributed by atoms with van der Waals surface area (Å²) in [5.41, 5.74) is 8.15. The van der Waals surface area contributed by atoms with E-state index in [4.69, 9.17) is 172 Å². The van der Waals surface area contributed by atoms with Gasteiger partial charge in [-0.2, -0.15) is 0 Å². The molecule has 0 radical (unpaired) electrons. The highest BCUT2D eigenvalue weighted by molar-refractivity contribution is 5.71. The predicted molar refractivity (Wildman–Crippen MR) is 448 cm³/mol. The van der Waals surface area contributed by atoms with Crippen LogP contribution in [0.4, 0.5) is 0 Å². The Bertz CT molecular complexity index is 5510. The Morgan fingerprint density at radius 1 is 0.225 bits per heavy atom. The van der Waals surface area contributed by atoms with Gasteiger partial charge in [0.2, 0.25) is 0 Å². The van der Waals surface area contributed by atoms with E-state index in [2.05, 4.69) is 71.9 Å². The summed E-state index contributed by atoms with van der Waals surface area (Å²) in [4.78, 5) is 180. The van der Waals surface area contributed by atoms with Crippen molar-refractivity contribution in [3.63, 3.8) is 0 Å². The molecular formula is C91H132O38. The second-order valence-corrected chi connectivity index (χ2v) is 30.1. The van der Waals surface area contributed by atoms with Crippen LogP contribution in [0.2, 0.25) is 0 Å². The first-order valence-electron chi connectivity index (χ1n) is 59.6. The molecule has 6 aliphatic rings. The summed E-state index contributed by atoms with van der Waals surface area (Å²) >= 11 is 0. The average molecular weight is 1870 g/mol. The minimum absolute atomic E-state index is 0.352. The smallest absolute Gasteiger partial charge is 0.303 e. The molecule has 724 valence electrons. The van der Waals surface area contributed by atoms with Gasteiger partial charge in [-0.25, -0.2) is 0 Å². The molecule has 6 aliphatic heterocycles. The Hall–Kier alpha value is -9.19. The summed E-state index contributed by atoms with van der Waals surface area (Å²) in [6.07, 6.45) is -47.4. The molecule has 0 bridgehead atoms. The van der Waals surface area contributed by atoms with Crippen LogP contribution in [0.1, 0.15) is 275 Å². The van der Waals surface area contributed by atoms with Gasteiger partial charge in [0.25, 0.3) is 0 Å². The molecule has 24 atom stereocenters. The Kier molecular flexibility index (Phi) is 26.7. The van der Waals surface area contributed by atoms with Crippen LogP contribution in [0.5, 0.6) is 0 Å². The van der Waals surface area contributed by atoms with Crippen LogP contribution in [-0.4, -0.2) is 271 Å². The van der Waals surface area contributed by atoms with Gasteiger partial charge >= 0.3 is 77.6 Å². The maximum absolute atomic E-state index is 14.4. The zero-order chi connectivity index (χ0) is 128. The number of hydrogen-bond donors (Lipinski definition) is 0. The highest BCUT2D eigenvalue weighted by atomic mass is 16.8. The molecule has 6 saturated heterocycles. The van der Waals surface area contributed by atoms with Gasteiger partial charge in [-0.05, 0) is 132 Å². The Morgan fingerprint density at radius 2 is 0.411 bits per heavy atom. The van der Waals surface area contributed by atoms with Gasteiger partial charge in [-0.1, -0.05) is 81.5 Å². The molecule has 129 heavy (non-hydrogen) atoms. The Balaban J connectivity index is 1.53. The lowest BCUT2D eigenvalue weighted by Crippen LogP contribution is -2.66. The largest absolute Gasteiger partial charge is 0.457 e. The van der Waals surface area contributed by atoms with Crippen molar-refractivity contribution in [2.24, 2.45) is 0 Å². The van der Waals surface area contributed by atoms with Crippen molar-refractivity contribution in [3.8, 4) is 0 Å². The quantitative estimate of drug-likeness (QED) is 0.0311. The van der Waals surface area contributed by atoms with Crippen LogP contribution in [-0.2, 0) is 181 Å². The molecular weight excluding hydrogens is 1700 g/mol. The third-order valence-corrected chi connectivity index (χ3v) is 20.0. The minimum atomic E-state index is -4.28. The summed E-state index contributed by atoms with van der Waals surface area (Å²) < 4.78 is 451. The van der Waals surface area contributed by atoms with Crippen LogP contribution in [0.15, 0.2) is 81.5 Å². The van der Waals surface area contributed by atoms with Gasteiger partial charge in [0.15, 0.2) is 117 Å². The predicted octanol–water partition coefficient (Wildman–Crippen LogP) is 9.50. The number of hydrogen-bond acceptors (Lipinski definition) is 38. The molecule has 0 aliphatic carbocycles. The van der Waals surface area contributed by atoms with Gasteiger partial charge in [-0.15, -0.1) is 0 Å². The number of carbonyl (C=O) groups is 13. The lowest BCUT2D eigenvalue weighted by atomic mass is 9.99. The molecule has 6 heterocycles. The van der Waals surface area contributed by atoms with Crippen LogP contribution >= 0.6 is 0 Å². The molecule has 6 fully saturated rings. The summed E-state index contributed by atoms with van der Waals surface area (Å²) in [5, 5.41) is 0.